The fourth-order valence-electron chi connectivity index (χ4n) is 1.39. The van der Waals surface area contributed by atoms with Crippen molar-refractivity contribution in [2.75, 3.05) is 12.4 Å². The number of phenols is 1. The average molecular weight is 287 g/mol. The Kier molecular flexibility index (Phi) is 5.32. The van der Waals surface area contributed by atoms with Gasteiger partial charge in [-0.15, -0.1) is 0 Å². The van der Waals surface area contributed by atoms with Crippen LogP contribution in [0, 0.1) is 0 Å². The zero-order valence-corrected chi connectivity index (χ0v) is 10.8. The standard InChI is InChI=1S/C12H15BrO3/c1-16-9-5-6-10(12(15)8-9)11(14)4-2-3-7-13/h5-6,8,15H,2-4,7H2,1H3. The number of benzene rings is 1. The van der Waals surface area contributed by atoms with Gasteiger partial charge in [-0.3, -0.25) is 4.79 Å². The number of aromatic hydroxyl groups is 1. The molecule has 0 aromatic heterocycles. The lowest BCUT2D eigenvalue weighted by atomic mass is 10.0. The Bertz CT molecular complexity index is 363. The molecule has 0 heterocycles. The van der Waals surface area contributed by atoms with Crippen LogP contribution in [0.2, 0.25) is 0 Å². The predicted molar refractivity (Wildman–Crippen MR) is 66.6 cm³/mol. The molecular weight excluding hydrogens is 272 g/mol. The van der Waals surface area contributed by atoms with Gasteiger partial charge in [0.1, 0.15) is 11.5 Å². The van der Waals surface area contributed by atoms with Crippen LogP contribution < -0.4 is 4.74 Å². The molecular formula is C12H15BrO3. The molecule has 0 saturated heterocycles. The summed E-state index contributed by atoms with van der Waals surface area (Å²) in [6.07, 6.45) is 2.25. The van der Waals surface area contributed by atoms with Crippen LogP contribution in [0.15, 0.2) is 18.2 Å². The van der Waals surface area contributed by atoms with Gasteiger partial charge in [0, 0.05) is 17.8 Å². The smallest absolute Gasteiger partial charge is 0.166 e. The van der Waals surface area contributed by atoms with Crippen molar-refractivity contribution in [2.24, 2.45) is 0 Å². The Labute approximate surface area is 104 Å². The van der Waals surface area contributed by atoms with E-state index in [1.165, 1.54) is 13.2 Å². The van der Waals surface area contributed by atoms with Gasteiger partial charge in [-0.25, -0.2) is 0 Å². The number of rotatable bonds is 6. The zero-order chi connectivity index (χ0) is 12.0. The van der Waals surface area contributed by atoms with E-state index >= 15 is 0 Å². The number of phenolic OH excluding ortho intramolecular Hbond substituents is 1. The summed E-state index contributed by atoms with van der Waals surface area (Å²) >= 11 is 3.31. The second-order valence-corrected chi connectivity index (χ2v) is 4.25. The molecule has 0 spiro atoms. The summed E-state index contributed by atoms with van der Waals surface area (Å²) in [4.78, 5) is 11.7. The Hall–Kier alpha value is -1.03. The number of alkyl halides is 1. The van der Waals surface area contributed by atoms with Gasteiger partial charge >= 0.3 is 0 Å². The van der Waals surface area contributed by atoms with Crippen molar-refractivity contribution in [1.82, 2.24) is 0 Å². The fraction of sp³-hybridized carbons (Fsp3) is 0.417. The van der Waals surface area contributed by atoms with Crippen LogP contribution in [-0.2, 0) is 0 Å². The molecule has 16 heavy (non-hydrogen) atoms. The molecule has 0 radical (unpaired) electrons. The summed E-state index contributed by atoms with van der Waals surface area (Å²) in [5.41, 5.74) is 0.371. The maximum absolute atomic E-state index is 11.7. The van der Waals surface area contributed by atoms with Gasteiger partial charge in [0.2, 0.25) is 0 Å². The van der Waals surface area contributed by atoms with Crippen LogP contribution in [0.1, 0.15) is 29.6 Å². The van der Waals surface area contributed by atoms with E-state index in [-0.39, 0.29) is 11.5 Å². The first-order valence-electron chi connectivity index (χ1n) is 5.15. The molecule has 0 amide bonds. The molecule has 0 bridgehead atoms. The quantitative estimate of drug-likeness (QED) is 0.496. The predicted octanol–water partition coefficient (Wildman–Crippen LogP) is 3.15. The third kappa shape index (κ3) is 3.52. The summed E-state index contributed by atoms with van der Waals surface area (Å²) in [6.45, 7) is 0. The topological polar surface area (TPSA) is 46.5 Å². The molecule has 0 aliphatic carbocycles. The number of halogens is 1. The summed E-state index contributed by atoms with van der Waals surface area (Å²) < 4.78 is 4.95. The molecule has 0 unspecified atom stereocenters. The highest BCUT2D eigenvalue weighted by molar-refractivity contribution is 9.09. The maximum atomic E-state index is 11.7. The van der Waals surface area contributed by atoms with Crippen molar-refractivity contribution in [3.63, 3.8) is 0 Å². The summed E-state index contributed by atoms with van der Waals surface area (Å²) in [5, 5.41) is 10.5. The third-order valence-electron chi connectivity index (χ3n) is 2.29. The van der Waals surface area contributed by atoms with Gasteiger partial charge in [-0.2, -0.15) is 0 Å². The van der Waals surface area contributed by atoms with E-state index in [9.17, 15) is 9.90 Å². The van der Waals surface area contributed by atoms with Gasteiger partial charge in [0.15, 0.2) is 5.78 Å². The molecule has 1 aromatic carbocycles. The van der Waals surface area contributed by atoms with Gasteiger partial charge < -0.3 is 9.84 Å². The lowest BCUT2D eigenvalue weighted by Gasteiger charge is -2.05. The van der Waals surface area contributed by atoms with Crippen molar-refractivity contribution in [3.8, 4) is 11.5 Å². The van der Waals surface area contributed by atoms with E-state index in [1.54, 1.807) is 12.1 Å². The first-order chi connectivity index (χ1) is 7.69. The van der Waals surface area contributed by atoms with Gasteiger partial charge in [0.05, 0.1) is 12.7 Å². The van der Waals surface area contributed by atoms with E-state index < -0.39 is 0 Å². The third-order valence-corrected chi connectivity index (χ3v) is 2.85. The number of ketones is 1. The van der Waals surface area contributed by atoms with E-state index in [4.69, 9.17) is 4.74 Å². The van der Waals surface area contributed by atoms with Gasteiger partial charge in [0.25, 0.3) is 0 Å². The highest BCUT2D eigenvalue weighted by atomic mass is 79.9. The Morgan fingerprint density at radius 1 is 1.44 bits per heavy atom. The molecule has 0 atom stereocenters. The molecule has 0 saturated carbocycles. The number of unbranched alkanes of at least 4 members (excludes halogenated alkanes) is 1. The number of hydrogen-bond acceptors (Lipinski definition) is 3. The molecule has 4 heteroatoms. The number of carbonyl (C=O) groups is 1. The summed E-state index contributed by atoms with van der Waals surface area (Å²) in [6, 6.07) is 4.74. The first-order valence-corrected chi connectivity index (χ1v) is 6.27. The lowest BCUT2D eigenvalue weighted by Crippen LogP contribution is -2.00. The minimum absolute atomic E-state index is 0.0109. The minimum Gasteiger partial charge on any atom is -0.507 e. The van der Waals surface area contributed by atoms with Crippen LogP contribution >= 0.6 is 15.9 Å². The van der Waals surface area contributed by atoms with E-state index in [2.05, 4.69) is 15.9 Å². The Morgan fingerprint density at radius 3 is 2.75 bits per heavy atom. The average Bonchev–Trinajstić information content (AvgIpc) is 2.29. The number of Topliss-reactive ketones (excluding diaryl/α,β-unsaturated/α-hetero) is 1. The number of hydrogen-bond donors (Lipinski definition) is 1. The molecule has 3 nitrogen and oxygen atoms in total. The first kappa shape index (κ1) is 13.0. The van der Waals surface area contributed by atoms with Crippen LogP contribution in [0.5, 0.6) is 11.5 Å². The number of ether oxygens (including phenoxy) is 1. The molecule has 1 aromatic rings. The van der Waals surface area contributed by atoms with Crippen LogP contribution in [0.4, 0.5) is 0 Å². The molecule has 0 aliphatic rings. The zero-order valence-electron chi connectivity index (χ0n) is 9.20. The highest BCUT2D eigenvalue weighted by Gasteiger charge is 2.11. The van der Waals surface area contributed by atoms with Crippen LogP contribution in [0.3, 0.4) is 0 Å². The van der Waals surface area contributed by atoms with Crippen molar-refractivity contribution in [3.05, 3.63) is 23.8 Å². The van der Waals surface area contributed by atoms with Crippen molar-refractivity contribution in [2.45, 2.75) is 19.3 Å². The normalized spacial score (nSPS) is 10.1. The summed E-state index contributed by atoms with van der Waals surface area (Å²) in [5.74, 6) is 0.513. The molecule has 0 fully saturated rings. The van der Waals surface area contributed by atoms with E-state index in [0.717, 1.165) is 18.2 Å². The molecule has 0 aliphatic heterocycles. The second-order valence-electron chi connectivity index (χ2n) is 3.45. The van der Waals surface area contributed by atoms with Crippen molar-refractivity contribution >= 4 is 21.7 Å². The van der Waals surface area contributed by atoms with Crippen LogP contribution in [-0.4, -0.2) is 23.3 Å². The van der Waals surface area contributed by atoms with Crippen LogP contribution in [0.25, 0.3) is 0 Å². The van der Waals surface area contributed by atoms with Gasteiger partial charge in [-0.05, 0) is 25.0 Å². The van der Waals surface area contributed by atoms with E-state index in [1.807, 2.05) is 0 Å². The summed E-state index contributed by atoms with van der Waals surface area (Å²) in [7, 11) is 1.52. The maximum Gasteiger partial charge on any atom is 0.166 e. The largest absolute Gasteiger partial charge is 0.507 e. The number of methoxy groups -OCH3 is 1. The van der Waals surface area contributed by atoms with Gasteiger partial charge in [-0.1, -0.05) is 15.9 Å². The highest BCUT2D eigenvalue weighted by Crippen LogP contribution is 2.24. The molecule has 88 valence electrons. The second kappa shape index (κ2) is 6.53. The van der Waals surface area contributed by atoms with E-state index in [0.29, 0.717) is 17.7 Å². The molecule has 1 rings (SSSR count). The van der Waals surface area contributed by atoms with Crippen molar-refractivity contribution < 1.29 is 14.6 Å². The fourth-order valence-corrected chi connectivity index (χ4v) is 1.79. The Balaban J connectivity index is 2.68. The minimum atomic E-state index is -0.0268. The van der Waals surface area contributed by atoms with Crippen molar-refractivity contribution in [1.29, 1.82) is 0 Å². The Morgan fingerprint density at radius 2 is 2.19 bits per heavy atom. The lowest BCUT2D eigenvalue weighted by molar-refractivity contribution is 0.0977. The monoisotopic (exact) mass is 286 g/mol. The SMILES string of the molecule is COc1ccc(C(=O)CCCCBr)c(O)c1. The molecule has 1 N–H and O–H groups in total. The number of carbonyl (C=O) groups excluding carboxylic acids is 1.